The molecule has 1 aliphatic carbocycles. The third-order valence-corrected chi connectivity index (χ3v) is 5.79. The molecule has 10 nitrogen and oxygen atoms in total. The Kier molecular flexibility index (Phi) is 6.15. The monoisotopic (exact) mass is 424 g/mol. The molecule has 4 rings (SSSR count). The summed E-state index contributed by atoms with van der Waals surface area (Å²) in [6.07, 6.45) is 3.78. The number of aromatic nitrogens is 3. The lowest BCUT2D eigenvalue weighted by atomic mass is 9.93. The highest BCUT2D eigenvalue weighted by molar-refractivity contribution is 5.95. The normalized spacial score (nSPS) is 16.5. The summed E-state index contributed by atoms with van der Waals surface area (Å²) in [5, 5.41) is 14.3. The van der Waals surface area contributed by atoms with Crippen LogP contribution in [0.2, 0.25) is 0 Å². The van der Waals surface area contributed by atoms with Crippen LogP contribution in [-0.2, 0) is 4.79 Å². The van der Waals surface area contributed by atoms with Crippen molar-refractivity contribution in [3.05, 3.63) is 30.0 Å². The fourth-order valence-electron chi connectivity index (χ4n) is 3.71. The van der Waals surface area contributed by atoms with Gasteiger partial charge in [0.25, 0.3) is 5.91 Å². The third-order valence-electron chi connectivity index (χ3n) is 5.79. The first-order chi connectivity index (χ1) is 15.0. The van der Waals surface area contributed by atoms with Gasteiger partial charge in [0.2, 0.25) is 11.9 Å². The molecule has 1 saturated carbocycles. The van der Waals surface area contributed by atoms with Gasteiger partial charge in [0, 0.05) is 50.0 Å². The molecule has 1 aromatic heterocycles. The summed E-state index contributed by atoms with van der Waals surface area (Å²) in [4.78, 5) is 32.1. The standard InChI is InChI=1S/C21H28N8O2/c1-2-17(30)29-12-10-28(11-13-29)16-8-6-15(7-9-16)24-21-25-20(23-14-4-3-5-14)18(19(22)31)26-27-21/h6-9,14H,2-5,10-13H2,1H3,(H2,22,31)(H2,23,24,25,27). The Bertz CT molecular complexity index is 937. The largest absolute Gasteiger partial charge is 0.368 e. The van der Waals surface area contributed by atoms with E-state index in [0.29, 0.717) is 18.2 Å². The molecule has 0 spiro atoms. The van der Waals surface area contributed by atoms with Gasteiger partial charge in [0.1, 0.15) is 0 Å². The number of nitrogens with two attached hydrogens (primary N) is 1. The lowest BCUT2D eigenvalue weighted by Crippen LogP contribution is -2.48. The molecule has 0 bridgehead atoms. The summed E-state index contributed by atoms with van der Waals surface area (Å²) in [5.41, 5.74) is 7.37. The van der Waals surface area contributed by atoms with E-state index >= 15 is 0 Å². The quantitative estimate of drug-likeness (QED) is 0.613. The zero-order valence-electron chi connectivity index (χ0n) is 17.7. The maximum Gasteiger partial charge on any atom is 0.273 e. The van der Waals surface area contributed by atoms with Crippen LogP contribution >= 0.6 is 0 Å². The predicted molar refractivity (Wildman–Crippen MR) is 118 cm³/mol. The lowest BCUT2D eigenvalue weighted by molar-refractivity contribution is -0.131. The van der Waals surface area contributed by atoms with Gasteiger partial charge < -0.3 is 26.2 Å². The van der Waals surface area contributed by atoms with Gasteiger partial charge in [-0.3, -0.25) is 9.59 Å². The molecule has 4 N–H and O–H groups in total. The predicted octanol–water partition coefficient (Wildman–Crippen LogP) is 1.74. The lowest BCUT2D eigenvalue weighted by Gasteiger charge is -2.36. The number of nitrogens with zero attached hydrogens (tertiary/aromatic N) is 5. The summed E-state index contributed by atoms with van der Waals surface area (Å²) in [6.45, 7) is 5.02. The molecule has 2 fully saturated rings. The summed E-state index contributed by atoms with van der Waals surface area (Å²) in [6, 6.07) is 8.23. The molecule has 1 aliphatic heterocycles. The van der Waals surface area contributed by atoms with Gasteiger partial charge in [-0.25, -0.2) is 0 Å². The molecule has 1 aromatic carbocycles. The molecule has 2 aliphatic rings. The number of piperazine rings is 1. The van der Waals surface area contributed by atoms with Crippen LogP contribution < -0.4 is 21.3 Å². The van der Waals surface area contributed by atoms with E-state index in [1.807, 2.05) is 36.1 Å². The van der Waals surface area contributed by atoms with Crippen LogP contribution in [-0.4, -0.2) is 64.1 Å². The smallest absolute Gasteiger partial charge is 0.273 e. The van der Waals surface area contributed by atoms with Crippen LogP contribution in [0.5, 0.6) is 0 Å². The second-order valence-corrected chi connectivity index (χ2v) is 7.86. The van der Waals surface area contributed by atoms with Crippen molar-refractivity contribution in [3.63, 3.8) is 0 Å². The van der Waals surface area contributed by atoms with Gasteiger partial charge >= 0.3 is 0 Å². The first-order valence-electron chi connectivity index (χ1n) is 10.7. The number of nitrogens with one attached hydrogen (secondary N) is 2. The van der Waals surface area contributed by atoms with E-state index in [9.17, 15) is 9.59 Å². The van der Waals surface area contributed by atoms with Crippen molar-refractivity contribution >= 4 is 35.0 Å². The molecule has 2 amide bonds. The Balaban J connectivity index is 1.40. The van der Waals surface area contributed by atoms with Crippen molar-refractivity contribution in [2.75, 3.05) is 41.7 Å². The molecule has 0 radical (unpaired) electrons. The number of benzene rings is 1. The van der Waals surface area contributed by atoms with E-state index in [0.717, 1.165) is 56.8 Å². The minimum Gasteiger partial charge on any atom is -0.368 e. The fourth-order valence-corrected chi connectivity index (χ4v) is 3.71. The highest BCUT2D eigenvalue weighted by Gasteiger charge is 2.22. The summed E-state index contributed by atoms with van der Waals surface area (Å²) in [7, 11) is 0. The van der Waals surface area contributed by atoms with Gasteiger partial charge in [-0.1, -0.05) is 6.92 Å². The average Bonchev–Trinajstić information content (AvgIpc) is 2.76. The maximum absolute atomic E-state index is 11.8. The Morgan fingerprint density at radius 1 is 1.10 bits per heavy atom. The van der Waals surface area contributed by atoms with Crippen molar-refractivity contribution < 1.29 is 9.59 Å². The maximum atomic E-state index is 11.8. The molecular formula is C21H28N8O2. The van der Waals surface area contributed by atoms with Crippen LogP contribution in [0.25, 0.3) is 0 Å². The van der Waals surface area contributed by atoms with Crippen molar-refractivity contribution in [1.82, 2.24) is 20.1 Å². The van der Waals surface area contributed by atoms with Crippen molar-refractivity contribution in [3.8, 4) is 0 Å². The SMILES string of the molecule is CCC(=O)N1CCN(c2ccc(Nc3nnc(C(N)=O)c(NC4CCC4)n3)cc2)CC1. The van der Waals surface area contributed by atoms with Crippen LogP contribution in [0, 0.1) is 0 Å². The third kappa shape index (κ3) is 4.84. The number of hydrogen-bond donors (Lipinski definition) is 3. The zero-order valence-corrected chi connectivity index (χ0v) is 17.7. The molecule has 1 saturated heterocycles. The summed E-state index contributed by atoms with van der Waals surface area (Å²) < 4.78 is 0. The first-order valence-corrected chi connectivity index (χ1v) is 10.7. The molecular weight excluding hydrogens is 396 g/mol. The minimum atomic E-state index is -0.654. The number of hydrogen-bond acceptors (Lipinski definition) is 8. The number of amides is 2. The fraction of sp³-hybridized carbons (Fsp3) is 0.476. The molecule has 31 heavy (non-hydrogen) atoms. The van der Waals surface area contributed by atoms with Crippen LogP contribution in [0.4, 0.5) is 23.1 Å². The molecule has 2 aromatic rings. The Labute approximate surface area is 181 Å². The summed E-state index contributed by atoms with van der Waals surface area (Å²) >= 11 is 0. The number of carbonyl (C=O) groups excluding carboxylic acids is 2. The molecule has 2 heterocycles. The van der Waals surface area contributed by atoms with Crippen LogP contribution in [0.3, 0.4) is 0 Å². The van der Waals surface area contributed by atoms with E-state index in [1.165, 1.54) is 0 Å². The van der Waals surface area contributed by atoms with Crippen molar-refractivity contribution in [2.24, 2.45) is 5.73 Å². The second kappa shape index (κ2) is 9.15. The van der Waals surface area contributed by atoms with Gasteiger partial charge in [-0.2, -0.15) is 4.98 Å². The topological polar surface area (TPSA) is 129 Å². The molecule has 0 atom stereocenters. The number of primary amides is 1. The minimum absolute atomic E-state index is 0.0495. The van der Waals surface area contributed by atoms with Crippen LogP contribution in [0.15, 0.2) is 24.3 Å². The number of carbonyl (C=O) groups is 2. The van der Waals surface area contributed by atoms with Gasteiger partial charge in [-0.05, 0) is 43.5 Å². The Hall–Kier alpha value is -3.43. The second-order valence-electron chi connectivity index (χ2n) is 7.86. The Morgan fingerprint density at radius 2 is 1.81 bits per heavy atom. The summed E-state index contributed by atoms with van der Waals surface area (Å²) in [5.74, 6) is 0.219. The average molecular weight is 425 g/mol. The van der Waals surface area contributed by atoms with E-state index < -0.39 is 5.91 Å². The highest BCUT2D eigenvalue weighted by Crippen LogP contribution is 2.25. The van der Waals surface area contributed by atoms with Crippen molar-refractivity contribution in [1.29, 1.82) is 0 Å². The van der Waals surface area contributed by atoms with E-state index in [4.69, 9.17) is 5.73 Å². The Morgan fingerprint density at radius 3 is 2.39 bits per heavy atom. The van der Waals surface area contributed by atoms with Crippen LogP contribution in [0.1, 0.15) is 43.1 Å². The molecule has 0 unspecified atom stereocenters. The first kappa shape index (κ1) is 20.8. The van der Waals surface area contributed by atoms with E-state index in [2.05, 4.69) is 30.7 Å². The van der Waals surface area contributed by atoms with Gasteiger partial charge in [0.05, 0.1) is 0 Å². The van der Waals surface area contributed by atoms with E-state index in [-0.39, 0.29) is 17.6 Å². The highest BCUT2D eigenvalue weighted by atomic mass is 16.2. The molecule has 10 heteroatoms. The van der Waals surface area contributed by atoms with Gasteiger partial charge in [-0.15, -0.1) is 10.2 Å². The zero-order chi connectivity index (χ0) is 21.8. The number of anilines is 4. The van der Waals surface area contributed by atoms with Crippen molar-refractivity contribution in [2.45, 2.75) is 38.6 Å². The van der Waals surface area contributed by atoms with E-state index in [1.54, 1.807) is 0 Å². The number of rotatable bonds is 7. The van der Waals surface area contributed by atoms with Gasteiger partial charge in [0.15, 0.2) is 11.5 Å². The molecule has 164 valence electrons.